The molecule has 2 rings (SSSR count). The Labute approximate surface area is 120 Å². The lowest BCUT2D eigenvalue weighted by Crippen LogP contribution is -2.43. The minimum Gasteiger partial charge on any atom is -0.336 e. The number of carbonyl (C=O) groups is 1. The van der Waals surface area contributed by atoms with Gasteiger partial charge in [0.2, 0.25) is 0 Å². The normalized spacial score (nSPS) is 19.0. The molecule has 8 heteroatoms. The van der Waals surface area contributed by atoms with Crippen LogP contribution in [0.25, 0.3) is 0 Å². The van der Waals surface area contributed by atoms with Gasteiger partial charge in [0.25, 0.3) is 6.43 Å². The van der Waals surface area contributed by atoms with Gasteiger partial charge < -0.3 is 10.6 Å². The molecule has 1 unspecified atom stereocenters. The summed E-state index contributed by atoms with van der Waals surface area (Å²) < 4.78 is 38.1. The number of nitrogens with zero attached hydrogens (tertiary/aromatic N) is 2. The number of amides is 2. The van der Waals surface area contributed by atoms with Crippen molar-refractivity contribution in [2.75, 3.05) is 25.0 Å². The van der Waals surface area contributed by atoms with Crippen molar-refractivity contribution >= 4 is 11.7 Å². The summed E-state index contributed by atoms with van der Waals surface area (Å²) in [6.07, 6.45) is 1.57. The second-order valence-corrected chi connectivity index (χ2v) is 4.87. The van der Waals surface area contributed by atoms with Gasteiger partial charge in [0.1, 0.15) is 0 Å². The summed E-state index contributed by atoms with van der Waals surface area (Å²) in [5, 5.41) is 4.94. The fourth-order valence-corrected chi connectivity index (χ4v) is 2.40. The van der Waals surface area contributed by atoms with E-state index in [0.29, 0.717) is 6.54 Å². The highest BCUT2D eigenvalue weighted by Gasteiger charge is 2.26. The van der Waals surface area contributed by atoms with Crippen LogP contribution in [0.2, 0.25) is 0 Å². The van der Waals surface area contributed by atoms with Gasteiger partial charge in [0, 0.05) is 18.8 Å². The van der Waals surface area contributed by atoms with Gasteiger partial charge in [-0.2, -0.15) is 0 Å². The number of urea groups is 1. The average molecular weight is 302 g/mol. The van der Waals surface area contributed by atoms with Gasteiger partial charge >= 0.3 is 6.03 Å². The first-order chi connectivity index (χ1) is 10.1. The van der Waals surface area contributed by atoms with Gasteiger partial charge in [-0.05, 0) is 25.5 Å². The number of halogens is 3. The third-order valence-electron chi connectivity index (χ3n) is 3.39. The largest absolute Gasteiger partial charge is 0.336 e. The quantitative estimate of drug-likeness (QED) is 0.875. The van der Waals surface area contributed by atoms with E-state index in [0.717, 1.165) is 19.0 Å². The molecule has 1 saturated heterocycles. The molecular weight excluding hydrogens is 285 g/mol. The number of rotatable bonds is 5. The first kappa shape index (κ1) is 15.6. The Balaban J connectivity index is 1.80. The number of nitrogens with one attached hydrogen (secondary N) is 2. The van der Waals surface area contributed by atoms with Crippen LogP contribution in [0.15, 0.2) is 18.5 Å². The van der Waals surface area contributed by atoms with Gasteiger partial charge in [0.05, 0.1) is 18.4 Å². The van der Waals surface area contributed by atoms with Crippen molar-refractivity contribution in [3.8, 4) is 0 Å². The highest BCUT2D eigenvalue weighted by Crippen LogP contribution is 2.17. The third kappa shape index (κ3) is 4.59. The third-order valence-corrected chi connectivity index (χ3v) is 3.39. The molecule has 0 aliphatic carbocycles. The van der Waals surface area contributed by atoms with Crippen molar-refractivity contribution in [2.24, 2.45) is 0 Å². The van der Waals surface area contributed by atoms with Crippen LogP contribution in [0.1, 0.15) is 12.8 Å². The van der Waals surface area contributed by atoms with Crippen LogP contribution < -0.4 is 10.6 Å². The maximum absolute atomic E-state index is 13.3. The molecular formula is C13H17F3N4O. The summed E-state index contributed by atoms with van der Waals surface area (Å²) in [7, 11) is 0. The molecule has 0 aromatic carbocycles. The number of hydrogen-bond donors (Lipinski definition) is 2. The molecule has 1 aromatic heterocycles. The summed E-state index contributed by atoms with van der Waals surface area (Å²) in [5.41, 5.74) is 0.0263. The highest BCUT2D eigenvalue weighted by atomic mass is 19.3. The summed E-state index contributed by atoms with van der Waals surface area (Å²) in [4.78, 5) is 16.9. The summed E-state index contributed by atoms with van der Waals surface area (Å²) in [5.74, 6) is -0.632. The number of hydrogen-bond acceptors (Lipinski definition) is 3. The standard InChI is InChI=1S/C13H17F3N4O/c14-10-7-17-4-3-11(10)19-13(21)18-6-9-2-1-5-20(9)8-12(15)16/h3-4,7,9,12H,1-2,5-6,8H2,(H2,17,18,19,21). The Kier molecular flexibility index (Phi) is 5.38. The van der Waals surface area contributed by atoms with Crippen molar-refractivity contribution in [1.29, 1.82) is 0 Å². The molecule has 1 atom stereocenters. The maximum atomic E-state index is 13.3. The molecule has 1 fully saturated rings. The predicted molar refractivity (Wildman–Crippen MR) is 71.8 cm³/mol. The number of likely N-dealkylation sites (tertiary alicyclic amines) is 1. The molecule has 0 spiro atoms. The van der Waals surface area contributed by atoms with E-state index in [1.807, 2.05) is 0 Å². The van der Waals surface area contributed by atoms with E-state index in [-0.39, 0.29) is 24.8 Å². The van der Waals surface area contributed by atoms with Crippen LogP contribution in [0.3, 0.4) is 0 Å². The molecule has 21 heavy (non-hydrogen) atoms. The summed E-state index contributed by atoms with van der Waals surface area (Å²) in [6.45, 7) is 0.579. The molecule has 5 nitrogen and oxygen atoms in total. The fraction of sp³-hybridized carbons (Fsp3) is 0.538. The van der Waals surface area contributed by atoms with Gasteiger partial charge in [-0.3, -0.25) is 9.88 Å². The Morgan fingerprint density at radius 1 is 1.52 bits per heavy atom. The smallest absolute Gasteiger partial charge is 0.319 e. The number of pyridine rings is 1. The van der Waals surface area contributed by atoms with Crippen molar-refractivity contribution in [2.45, 2.75) is 25.3 Å². The molecule has 0 radical (unpaired) electrons. The SMILES string of the molecule is O=C(NCC1CCCN1CC(F)F)Nc1ccncc1F. The number of carbonyl (C=O) groups excluding carboxylic acids is 1. The molecule has 2 heterocycles. The first-order valence-electron chi connectivity index (χ1n) is 6.73. The Hall–Kier alpha value is -1.83. The van der Waals surface area contributed by atoms with Crippen molar-refractivity contribution < 1.29 is 18.0 Å². The lowest BCUT2D eigenvalue weighted by Gasteiger charge is -2.24. The minimum absolute atomic E-state index is 0.0263. The maximum Gasteiger partial charge on any atom is 0.319 e. The van der Waals surface area contributed by atoms with E-state index in [2.05, 4.69) is 15.6 Å². The zero-order valence-corrected chi connectivity index (χ0v) is 11.4. The van der Waals surface area contributed by atoms with Crippen molar-refractivity contribution in [3.05, 3.63) is 24.3 Å². The fourth-order valence-electron chi connectivity index (χ4n) is 2.40. The van der Waals surface area contributed by atoms with Crippen molar-refractivity contribution in [1.82, 2.24) is 15.2 Å². The second kappa shape index (κ2) is 7.26. The average Bonchev–Trinajstić information content (AvgIpc) is 2.85. The monoisotopic (exact) mass is 302 g/mol. The van der Waals surface area contributed by atoms with Crippen LogP contribution in [-0.4, -0.2) is 48.0 Å². The minimum atomic E-state index is -2.38. The molecule has 0 bridgehead atoms. The highest BCUT2D eigenvalue weighted by molar-refractivity contribution is 5.89. The first-order valence-corrected chi connectivity index (χ1v) is 6.73. The summed E-state index contributed by atoms with van der Waals surface area (Å²) in [6, 6.07) is 0.671. The molecule has 1 aliphatic heterocycles. The number of aromatic nitrogens is 1. The Morgan fingerprint density at radius 3 is 3.05 bits per heavy atom. The van der Waals surface area contributed by atoms with E-state index < -0.39 is 18.3 Å². The van der Waals surface area contributed by atoms with Gasteiger partial charge in [-0.25, -0.2) is 18.0 Å². The molecule has 1 aromatic rings. The van der Waals surface area contributed by atoms with Gasteiger partial charge in [-0.15, -0.1) is 0 Å². The van der Waals surface area contributed by atoms with E-state index in [9.17, 15) is 18.0 Å². The van der Waals surface area contributed by atoms with Crippen molar-refractivity contribution in [3.63, 3.8) is 0 Å². The molecule has 1 aliphatic rings. The van der Waals surface area contributed by atoms with Gasteiger partial charge in [0.15, 0.2) is 5.82 Å². The van der Waals surface area contributed by atoms with E-state index in [1.54, 1.807) is 4.90 Å². The van der Waals surface area contributed by atoms with E-state index in [4.69, 9.17) is 0 Å². The number of alkyl halides is 2. The van der Waals surface area contributed by atoms with Crippen LogP contribution >= 0.6 is 0 Å². The zero-order chi connectivity index (χ0) is 15.2. The van der Waals surface area contributed by atoms with E-state index in [1.165, 1.54) is 12.3 Å². The lowest BCUT2D eigenvalue weighted by atomic mass is 10.2. The van der Waals surface area contributed by atoms with Crippen LogP contribution in [0.5, 0.6) is 0 Å². The van der Waals surface area contributed by atoms with Crippen LogP contribution in [0, 0.1) is 5.82 Å². The van der Waals surface area contributed by atoms with Gasteiger partial charge in [-0.1, -0.05) is 0 Å². The number of anilines is 1. The second-order valence-electron chi connectivity index (χ2n) is 4.87. The Morgan fingerprint density at radius 2 is 2.33 bits per heavy atom. The zero-order valence-electron chi connectivity index (χ0n) is 11.4. The predicted octanol–water partition coefficient (Wildman–Crippen LogP) is 2.07. The topological polar surface area (TPSA) is 57.3 Å². The molecule has 2 N–H and O–H groups in total. The molecule has 116 valence electrons. The molecule has 0 saturated carbocycles. The molecule has 2 amide bonds. The van der Waals surface area contributed by atoms with Crippen LogP contribution in [-0.2, 0) is 0 Å². The Bertz CT molecular complexity index is 486. The van der Waals surface area contributed by atoms with E-state index >= 15 is 0 Å². The summed E-state index contributed by atoms with van der Waals surface area (Å²) >= 11 is 0. The van der Waals surface area contributed by atoms with Crippen LogP contribution in [0.4, 0.5) is 23.7 Å². The lowest BCUT2D eigenvalue weighted by molar-refractivity contribution is 0.0826.